The first-order chi connectivity index (χ1) is 6.85. The Morgan fingerprint density at radius 1 is 1.79 bits per heavy atom. The maximum atomic E-state index is 8.91. The molecule has 1 aromatic heterocycles. The number of aliphatic hydroxyl groups excluding tert-OH is 1. The summed E-state index contributed by atoms with van der Waals surface area (Å²) in [5.41, 5.74) is 0.742. The van der Waals surface area contributed by atoms with E-state index in [1.54, 1.807) is 18.4 Å². The first-order valence-electron chi connectivity index (χ1n) is 4.70. The summed E-state index contributed by atoms with van der Waals surface area (Å²) in [4.78, 5) is 6.48. The molecule has 1 N–H and O–H groups in total. The van der Waals surface area contributed by atoms with Gasteiger partial charge in [-0.25, -0.2) is 4.98 Å². The molecule has 0 aliphatic carbocycles. The number of hydrogen-bond acceptors (Lipinski definition) is 5. The van der Waals surface area contributed by atoms with E-state index in [4.69, 9.17) is 9.84 Å². The van der Waals surface area contributed by atoms with Crippen molar-refractivity contribution in [3.63, 3.8) is 0 Å². The van der Waals surface area contributed by atoms with Crippen LogP contribution in [0.5, 0.6) is 0 Å². The van der Waals surface area contributed by atoms with Crippen LogP contribution in [0.2, 0.25) is 0 Å². The molecule has 1 aliphatic rings. The van der Waals surface area contributed by atoms with Gasteiger partial charge in [0.1, 0.15) is 6.23 Å². The van der Waals surface area contributed by atoms with E-state index in [1.807, 2.05) is 5.38 Å². The fourth-order valence-corrected chi connectivity index (χ4v) is 2.58. The van der Waals surface area contributed by atoms with Gasteiger partial charge in [-0.15, -0.1) is 11.3 Å². The van der Waals surface area contributed by atoms with Gasteiger partial charge in [0.05, 0.1) is 12.3 Å². The Labute approximate surface area is 87.1 Å². The highest BCUT2D eigenvalue weighted by Gasteiger charge is 2.26. The van der Waals surface area contributed by atoms with E-state index in [9.17, 15) is 0 Å². The van der Waals surface area contributed by atoms with Crippen molar-refractivity contribution in [2.45, 2.75) is 25.7 Å². The summed E-state index contributed by atoms with van der Waals surface area (Å²) < 4.78 is 5.35. The van der Waals surface area contributed by atoms with Gasteiger partial charge in [-0.2, -0.15) is 0 Å². The molecule has 0 saturated carbocycles. The third-order valence-corrected chi connectivity index (χ3v) is 3.34. The van der Waals surface area contributed by atoms with Gasteiger partial charge in [0.15, 0.2) is 5.13 Å². The highest BCUT2D eigenvalue weighted by atomic mass is 32.1. The number of methoxy groups -OCH3 is 1. The summed E-state index contributed by atoms with van der Waals surface area (Å²) in [6, 6.07) is 0. The zero-order valence-electron chi connectivity index (χ0n) is 8.14. The molecule has 1 atom stereocenters. The topological polar surface area (TPSA) is 45.6 Å². The summed E-state index contributed by atoms with van der Waals surface area (Å²) in [6.07, 6.45) is 2.37. The van der Waals surface area contributed by atoms with E-state index in [0.29, 0.717) is 0 Å². The van der Waals surface area contributed by atoms with Gasteiger partial charge in [0.2, 0.25) is 0 Å². The fraction of sp³-hybridized carbons (Fsp3) is 0.667. The van der Waals surface area contributed by atoms with Gasteiger partial charge < -0.3 is 14.7 Å². The molecule has 1 saturated heterocycles. The molecule has 4 nitrogen and oxygen atoms in total. The predicted octanol–water partition coefficient (Wildman–Crippen LogP) is 1.21. The lowest BCUT2D eigenvalue weighted by Gasteiger charge is -2.22. The van der Waals surface area contributed by atoms with Gasteiger partial charge in [0.25, 0.3) is 0 Å². The molecule has 2 heterocycles. The van der Waals surface area contributed by atoms with E-state index in [-0.39, 0.29) is 12.8 Å². The lowest BCUT2D eigenvalue weighted by molar-refractivity contribution is 0.111. The zero-order chi connectivity index (χ0) is 9.97. The summed E-state index contributed by atoms with van der Waals surface area (Å²) in [5, 5.41) is 11.8. The van der Waals surface area contributed by atoms with E-state index < -0.39 is 0 Å². The number of hydrogen-bond donors (Lipinski definition) is 1. The molecule has 14 heavy (non-hydrogen) atoms. The highest BCUT2D eigenvalue weighted by molar-refractivity contribution is 7.13. The van der Waals surface area contributed by atoms with Crippen molar-refractivity contribution in [3.8, 4) is 0 Å². The number of ether oxygens (including phenoxy) is 1. The summed E-state index contributed by atoms with van der Waals surface area (Å²) in [5.74, 6) is 0. The molecule has 0 bridgehead atoms. The van der Waals surface area contributed by atoms with Gasteiger partial charge in [-0.1, -0.05) is 0 Å². The van der Waals surface area contributed by atoms with Crippen molar-refractivity contribution in [2.75, 3.05) is 18.6 Å². The van der Waals surface area contributed by atoms with Crippen molar-refractivity contribution in [3.05, 3.63) is 11.1 Å². The van der Waals surface area contributed by atoms with Crippen LogP contribution in [0.3, 0.4) is 0 Å². The Bertz CT molecular complexity index is 303. The van der Waals surface area contributed by atoms with Crippen LogP contribution in [0.15, 0.2) is 5.38 Å². The summed E-state index contributed by atoms with van der Waals surface area (Å²) >= 11 is 1.57. The smallest absolute Gasteiger partial charge is 0.187 e. The zero-order valence-corrected chi connectivity index (χ0v) is 8.96. The Kier molecular flexibility index (Phi) is 3.00. The SMILES string of the molecule is COC1CCCN1c1nc(CO)cs1. The molecule has 0 radical (unpaired) electrons. The molecule has 1 unspecified atom stereocenters. The molecule has 1 fully saturated rings. The fourth-order valence-electron chi connectivity index (χ4n) is 1.70. The second kappa shape index (κ2) is 4.25. The number of anilines is 1. The van der Waals surface area contributed by atoms with Gasteiger partial charge in [-0.05, 0) is 12.8 Å². The minimum atomic E-state index is 0.0159. The van der Waals surface area contributed by atoms with Crippen LogP contribution >= 0.6 is 11.3 Å². The Morgan fingerprint density at radius 2 is 2.64 bits per heavy atom. The van der Waals surface area contributed by atoms with Gasteiger partial charge >= 0.3 is 0 Å². The molecular weight excluding hydrogens is 200 g/mol. The monoisotopic (exact) mass is 214 g/mol. The molecule has 0 amide bonds. The van der Waals surface area contributed by atoms with E-state index in [2.05, 4.69) is 9.88 Å². The van der Waals surface area contributed by atoms with Crippen LogP contribution in [-0.2, 0) is 11.3 Å². The summed E-state index contributed by atoms with van der Waals surface area (Å²) in [7, 11) is 1.73. The molecule has 1 aromatic rings. The molecule has 0 aromatic carbocycles. The number of aliphatic hydroxyl groups is 1. The quantitative estimate of drug-likeness (QED) is 0.821. The third kappa shape index (κ3) is 1.75. The maximum Gasteiger partial charge on any atom is 0.187 e. The third-order valence-electron chi connectivity index (χ3n) is 2.42. The lowest BCUT2D eigenvalue weighted by atomic mass is 10.4. The molecule has 0 spiro atoms. The largest absolute Gasteiger partial charge is 0.390 e. The van der Waals surface area contributed by atoms with Gasteiger partial charge in [-0.3, -0.25) is 0 Å². The number of thiazole rings is 1. The minimum Gasteiger partial charge on any atom is -0.390 e. The maximum absolute atomic E-state index is 8.91. The van der Waals surface area contributed by atoms with Crippen molar-refractivity contribution in [1.29, 1.82) is 0 Å². The number of nitrogens with zero attached hydrogens (tertiary/aromatic N) is 2. The van der Waals surface area contributed by atoms with Crippen LogP contribution in [0.1, 0.15) is 18.5 Å². The first-order valence-corrected chi connectivity index (χ1v) is 5.58. The number of rotatable bonds is 3. The van der Waals surface area contributed by atoms with Crippen LogP contribution in [-0.4, -0.2) is 30.0 Å². The minimum absolute atomic E-state index is 0.0159. The van der Waals surface area contributed by atoms with Crippen molar-refractivity contribution in [2.24, 2.45) is 0 Å². The summed E-state index contributed by atoms with van der Waals surface area (Å²) in [6.45, 7) is 1.01. The second-order valence-corrected chi connectivity index (χ2v) is 4.14. The Hall–Kier alpha value is -0.650. The molecule has 5 heteroatoms. The Balaban J connectivity index is 2.13. The van der Waals surface area contributed by atoms with Crippen molar-refractivity contribution in [1.82, 2.24) is 4.98 Å². The van der Waals surface area contributed by atoms with Crippen LogP contribution < -0.4 is 4.90 Å². The van der Waals surface area contributed by atoms with E-state index >= 15 is 0 Å². The van der Waals surface area contributed by atoms with Crippen molar-refractivity contribution < 1.29 is 9.84 Å². The molecular formula is C9H14N2O2S. The standard InChI is InChI=1S/C9H14N2O2S/c1-13-8-3-2-4-11(8)9-10-7(5-12)6-14-9/h6,8,12H,2-5H2,1H3. The predicted molar refractivity (Wildman–Crippen MR) is 55.4 cm³/mol. The van der Waals surface area contributed by atoms with E-state index in [1.165, 1.54) is 0 Å². The first kappa shape index (κ1) is 9.89. The lowest BCUT2D eigenvalue weighted by Crippen LogP contribution is -2.30. The Morgan fingerprint density at radius 3 is 3.29 bits per heavy atom. The van der Waals surface area contributed by atoms with Gasteiger partial charge in [0, 0.05) is 19.0 Å². The van der Waals surface area contributed by atoms with Crippen LogP contribution in [0.4, 0.5) is 5.13 Å². The molecule has 1 aliphatic heterocycles. The van der Waals surface area contributed by atoms with Crippen LogP contribution in [0, 0.1) is 0 Å². The average Bonchev–Trinajstić information content (AvgIpc) is 2.85. The van der Waals surface area contributed by atoms with Crippen molar-refractivity contribution >= 4 is 16.5 Å². The second-order valence-electron chi connectivity index (χ2n) is 3.31. The average molecular weight is 214 g/mol. The molecule has 2 rings (SSSR count). The van der Waals surface area contributed by atoms with E-state index in [0.717, 1.165) is 30.2 Å². The molecule has 78 valence electrons. The normalized spacial score (nSPS) is 21.9. The highest BCUT2D eigenvalue weighted by Crippen LogP contribution is 2.28. The van der Waals surface area contributed by atoms with Crippen LogP contribution in [0.25, 0.3) is 0 Å². The number of aromatic nitrogens is 1.